The maximum absolute atomic E-state index is 9.46. The number of hydrogen-bond acceptors (Lipinski definition) is 6. The molecule has 8 heteroatoms. The molecule has 0 N–H and O–H groups in total. The van der Waals surface area contributed by atoms with Gasteiger partial charge in [-0.15, -0.1) is 6.58 Å². The van der Waals surface area contributed by atoms with E-state index in [9.17, 15) is 5.53 Å². The van der Waals surface area contributed by atoms with Crippen molar-refractivity contribution < 1.29 is 18.9 Å². The summed E-state index contributed by atoms with van der Waals surface area (Å²) >= 11 is 1.50. The maximum Gasteiger partial charge on any atom is 0.119 e. The van der Waals surface area contributed by atoms with Crippen LogP contribution in [0, 0.1) is 0 Å². The number of azide groups is 1. The Morgan fingerprint density at radius 3 is 2.11 bits per heavy atom. The molecule has 3 aromatic carbocycles. The van der Waals surface area contributed by atoms with E-state index in [4.69, 9.17) is 18.9 Å². The number of rotatable bonds is 13. The molecule has 0 amide bonds. The highest BCUT2D eigenvalue weighted by atomic mass is 32.2. The first kappa shape index (κ1) is 26.9. The van der Waals surface area contributed by atoms with E-state index in [0.29, 0.717) is 19.8 Å². The van der Waals surface area contributed by atoms with E-state index >= 15 is 0 Å². The summed E-state index contributed by atoms with van der Waals surface area (Å²) in [6.07, 6.45) is 0.150. The second-order valence-electron chi connectivity index (χ2n) is 8.52. The van der Waals surface area contributed by atoms with E-state index < -0.39 is 29.8 Å². The average molecular weight is 518 g/mol. The van der Waals surface area contributed by atoms with Crippen molar-refractivity contribution in [1.29, 1.82) is 0 Å². The normalized spacial score (nSPS) is 23.2. The summed E-state index contributed by atoms with van der Waals surface area (Å²) in [5.74, 6) is 0. The molecule has 1 aliphatic heterocycles. The number of benzene rings is 3. The standard InChI is InChI=1S/C29H31N3O4S/c1-2-18-34-27-25(21-33-19-22-12-6-3-7-13-22)36-29(37-24-16-10-5-11-17-24)26(31-32-30)28(27)35-20-23-14-8-4-9-15-23/h2-17,25-29H,1,18-21H2/t25-,26-,27-,28-,29-/m1/s1. The first-order chi connectivity index (χ1) is 18.3. The molecule has 0 radical (unpaired) electrons. The lowest BCUT2D eigenvalue weighted by atomic mass is 9.98. The van der Waals surface area contributed by atoms with Crippen molar-refractivity contribution >= 4 is 11.8 Å². The zero-order valence-corrected chi connectivity index (χ0v) is 21.4. The molecular formula is C29H31N3O4S. The Morgan fingerprint density at radius 1 is 0.865 bits per heavy atom. The Hall–Kier alpha value is -3.10. The highest BCUT2D eigenvalue weighted by Crippen LogP contribution is 2.37. The van der Waals surface area contributed by atoms with Gasteiger partial charge in [-0.3, -0.25) is 0 Å². The molecule has 5 atom stereocenters. The average Bonchev–Trinajstić information content (AvgIpc) is 2.94. The number of nitrogens with zero attached hydrogens (tertiary/aromatic N) is 3. The SMILES string of the molecule is C=CCO[C@H]1[C@H](OCc2ccccc2)[C@@H](N=[N+]=[N-])[C@@H](Sc2ccccc2)O[C@@H]1COCc1ccccc1. The molecule has 1 saturated heterocycles. The van der Waals surface area contributed by atoms with Crippen LogP contribution in [0.2, 0.25) is 0 Å². The van der Waals surface area contributed by atoms with Crippen LogP contribution >= 0.6 is 11.8 Å². The fourth-order valence-electron chi connectivity index (χ4n) is 4.14. The van der Waals surface area contributed by atoms with Gasteiger partial charge in [0.05, 0.1) is 32.5 Å². The molecule has 3 aromatic rings. The molecule has 192 valence electrons. The molecule has 1 fully saturated rings. The third-order valence-electron chi connectivity index (χ3n) is 5.88. The summed E-state index contributed by atoms with van der Waals surface area (Å²) in [7, 11) is 0. The molecule has 1 heterocycles. The Balaban J connectivity index is 1.59. The number of hydrogen-bond donors (Lipinski definition) is 0. The number of ether oxygens (including phenoxy) is 4. The highest BCUT2D eigenvalue weighted by molar-refractivity contribution is 7.99. The third-order valence-corrected chi connectivity index (χ3v) is 7.05. The van der Waals surface area contributed by atoms with E-state index in [1.807, 2.05) is 91.0 Å². The predicted molar refractivity (Wildman–Crippen MR) is 145 cm³/mol. The predicted octanol–water partition coefficient (Wildman–Crippen LogP) is 6.56. The quantitative estimate of drug-likeness (QED) is 0.111. The second kappa shape index (κ2) is 14.6. The van der Waals surface area contributed by atoms with E-state index in [0.717, 1.165) is 16.0 Å². The van der Waals surface area contributed by atoms with Crippen LogP contribution in [0.3, 0.4) is 0 Å². The van der Waals surface area contributed by atoms with E-state index in [1.165, 1.54) is 11.8 Å². The summed E-state index contributed by atoms with van der Waals surface area (Å²) < 4.78 is 25.2. The van der Waals surface area contributed by atoms with E-state index in [2.05, 4.69) is 16.6 Å². The molecule has 1 aliphatic rings. The van der Waals surface area contributed by atoms with Gasteiger partial charge in [-0.05, 0) is 28.8 Å². The van der Waals surface area contributed by atoms with Crippen LogP contribution in [0.15, 0.2) is 114 Å². The Morgan fingerprint density at radius 2 is 1.49 bits per heavy atom. The van der Waals surface area contributed by atoms with E-state index in [-0.39, 0.29) is 6.61 Å². The molecule has 7 nitrogen and oxygen atoms in total. The summed E-state index contributed by atoms with van der Waals surface area (Å²) in [5.41, 5.74) is 11.0. The van der Waals surface area contributed by atoms with Crippen molar-refractivity contribution in [3.05, 3.63) is 125 Å². The van der Waals surface area contributed by atoms with Crippen LogP contribution in [0.25, 0.3) is 10.4 Å². The van der Waals surface area contributed by atoms with Crippen LogP contribution in [0.4, 0.5) is 0 Å². The minimum absolute atomic E-state index is 0.288. The van der Waals surface area contributed by atoms with Crippen LogP contribution in [0.1, 0.15) is 11.1 Å². The Kier molecular flexibility index (Phi) is 10.6. The summed E-state index contributed by atoms with van der Waals surface area (Å²) in [4.78, 5) is 4.14. The van der Waals surface area contributed by atoms with Crippen LogP contribution in [0.5, 0.6) is 0 Å². The fraction of sp³-hybridized carbons (Fsp3) is 0.310. The van der Waals surface area contributed by atoms with Gasteiger partial charge < -0.3 is 18.9 Å². The molecule has 0 spiro atoms. The van der Waals surface area contributed by atoms with Gasteiger partial charge in [-0.1, -0.05) is 102 Å². The first-order valence-corrected chi connectivity index (χ1v) is 13.1. The molecular weight excluding hydrogens is 486 g/mol. The largest absolute Gasteiger partial charge is 0.374 e. The van der Waals surface area contributed by atoms with Gasteiger partial charge in [0.15, 0.2) is 0 Å². The molecule has 0 aliphatic carbocycles. The van der Waals surface area contributed by atoms with Gasteiger partial charge in [0, 0.05) is 9.81 Å². The zero-order chi connectivity index (χ0) is 25.7. The molecule has 0 unspecified atom stereocenters. The van der Waals surface area contributed by atoms with Crippen molar-refractivity contribution in [2.24, 2.45) is 5.11 Å². The smallest absolute Gasteiger partial charge is 0.119 e. The lowest BCUT2D eigenvalue weighted by molar-refractivity contribution is -0.204. The zero-order valence-electron chi connectivity index (χ0n) is 20.5. The van der Waals surface area contributed by atoms with Gasteiger partial charge in [0.2, 0.25) is 0 Å². The topological polar surface area (TPSA) is 85.7 Å². The van der Waals surface area contributed by atoms with Crippen molar-refractivity contribution in [1.82, 2.24) is 0 Å². The second-order valence-corrected chi connectivity index (χ2v) is 9.69. The molecule has 0 aromatic heterocycles. The molecule has 0 bridgehead atoms. The Labute approximate surface area is 222 Å². The van der Waals surface area contributed by atoms with Crippen LogP contribution < -0.4 is 0 Å². The summed E-state index contributed by atoms with van der Waals surface area (Å²) in [6, 6.07) is 29.1. The van der Waals surface area contributed by atoms with Gasteiger partial charge in [0.1, 0.15) is 23.7 Å². The third kappa shape index (κ3) is 7.94. The van der Waals surface area contributed by atoms with Crippen molar-refractivity contribution in [2.75, 3.05) is 13.2 Å². The Bertz CT molecular complexity index is 1130. The first-order valence-electron chi connectivity index (χ1n) is 12.2. The van der Waals surface area contributed by atoms with Crippen molar-refractivity contribution in [3.63, 3.8) is 0 Å². The van der Waals surface area contributed by atoms with Gasteiger partial charge >= 0.3 is 0 Å². The van der Waals surface area contributed by atoms with Crippen molar-refractivity contribution in [3.8, 4) is 0 Å². The molecule has 4 rings (SSSR count). The highest BCUT2D eigenvalue weighted by Gasteiger charge is 2.47. The van der Waals surface area contributed by atoms with Crippen molar-refractivity contribution in [2.45, 2.75) is 47.9 Å². The fourth-order valence-corrected chi connectivity index (χ4v) is 5.27. The number of thioether (sulfide) groups is 1. The van der Waals surface area contributed by atoms with Gasteiger partial charge in [0.25, 0.3) is 0 Å². The summed E-state index contributed by atoms with van der Waals surface area (Å²) in [5, 5.41) is 4.14. The lowest BCUT2D eigenvalue weighted by Gasteiger charge is -2.44. The van der Waals surface area contributed by atoms with Gasteiger partial charge in [-0.25, -0.2) is 0 Å². The molecule has 0 saturated carbocycles. The van der Waals surface area contributed by atoms with Gasteiger partial charge in [-0.2, -0.15) is 0 Å². The molecule has 37 heavy (non-hydrogen) atoms. The summed E-state index contributed by atoms with van der Waals surface area (Å²) in [6.45, 7) is 5.17. The minimum atomic E-state index is -0.626. The minimum Gasteiger partial charge on any atom is -0.374 e. The lowest BCUT2D eigenvalue weighted by Crippen LogP contribution is -2.59. The van der Waals surface area contributed by atoms with Crippen LogP contribution in [-0.4, -0.2) is 43.0 Å². The monoisotopic (exact) mass is 517 g/mol. The maximum atomic E-state index is 9.46. The van der Waals surface area contributed by atoms with Crippen LogP contribution in [-0.2, 0) is 32.2 Å². The van der Waals surface area contributed by atoms with E-state index in [1.54, 1.807) is 6.08 Å².